The molecule has 2 heterocycles. The molecule has 18 heavy (non-hydrogen) atoms. The van der Waals surface area contributed by atoms with Gasteiger partial charge in [-0.25, -0.2) is 9.78 Å². The number of nitrogens with one attached hydrogen (secondary N) is 2. The summed E-state index contributed by atoms with van der Waals surface area (Å²) in [6.45, 7) is 2.65. The standard InChI is InChI=1S/C11H14N6O/c1-2-5-12-11(18)16-9-3-4-10(13-6-9)17-7-14-15-8-17/h3-4,6-8H,2,5H2,1H3,(H2,12,16,18). The summed E-state index contributed by atoms with van der Waals surface area (Å²) in [7, 11) is 0. The summed E-state index contributed by atoms with van der Waals surface area (Å²) in [5.41, 5.74) is 0.639. The second-order valence-corrected chi connectivity index (χ2v) is 3.66. The topological polar surface area (TPSA) is 84.7 Å². The number of urea groups is 1. The van der Waals surface area contributed by atoms with Crippen molar-refractivity contribution in [1.29, 1.82) is 0 Å². The van der Waals surface area contributed by atoms with E-state index in [1.807, 2.05) is 6.92 Å². The van der Waals surface area contributed by atoms with Gasteiger partial charge < -0.3 is 10.6 Å². The van der Waals surface area contributed by atoms with Crippen LogP contribution in [0, 0.1) is 0 Å². The molecule has 2 amide bonds. The molecule has 0 aliphatic rings. The molecule has 0 aliphatic heterocycles. The van der Waals surface area contributed by atoms with Gasteiger partial charge in [-0.3, -0.25) is 4.57 Å². The Labute approximate surface area is 104 Å². The molecular weight excluding hydrogens is 232 g/mol. The van der Waals surface area contributed by atoms with Crippen molar-refractivity contribution in [3.8, 4) is 5.82 Å². The van der Waals surface area contributed by atoms with E-state index >= 15 is 0 Å². The Morgan fingerprint density at radius 1 is 1.33 bits per heavy atom. The monoisotopic (exact) mass is 246 g/mol. The van der Waals surface area contributed by atoms with E-state index in [4.69, 9.17) is 0 Å². The van der Waals surface area contributed by atoms with Gasteiger partial charge in [0.2, 0.25) is 0 Å². The van der Waals surface area contributed by atoms with Crippen LogP contribution in [-0.4, -0.2) is 32.3 Å². The molecule has 0 saturated carbocycles. The third-order valence-corrected chi connectivity index (χ3v) is 2.22. The zero-order valence-electron chi connectivity index (χ0n) is 10.00. The van der Waals surface area contributed by atoms with Crippen molar-refractivity contribution in [3.05, 3.63) is 31.0 Å². The zero-order valence-corrected chi connectivity index (χ0v) is 10.00. The number of nitrogens with zero attached hydrogens (tertiary/aromatic N) is 4. The number of rotatable bonds is 4. The highest BCUT2D eigenvalue weighted by Crippen LogP contribution is 2.08. The minimum atomic E-state index is -0.226. The predicted molar refractivity (Wildman–Crippen MR) is 66.5 cm³/mol. The van der Waals surface area contributed by atoms with Gasteiger partial charge in [-0.05, 0) is 18.6 Å². The smallest absolute Gasteiger partial charge is 0.319 e. The van der Waals surface area contributed by atoms with Crippen molar-refractivity contribution in [2.24, 2.45) is 0 Å². The van der Waals surface area contributed by atoms with E-state index in [2.05, 4.69) is 25.8 Å². The van der Waals surface area contributed by atoms with Crippen LogP contribution in [0.15, 0.2) is 31.0 Å². The van der Waals surface area contributed by atoms with Crippen LogP contribution in [0.25, 0.3) is 5.82 Å². The lowest BCUT2D eigenvalue weighted by atomic mass is 10.4. The maximum absolute atomic E-state index is 11.4. The third kappa shape index (κ3) is 3.03. The van der Waals surface area contributed by atoms with Crippen molar-refractivity contribution in [1.82, 2.24) is 25.1 Å². The summed E-state index contributed by atoms with van der Waals surface area (Å²) in [4.78, 5) is 15.6. The Kier molecular flexibility index (Phi) is 3.85. The maximum Gasteiger partial charge on any atom is 0.319 e. The van der Waals surface area contributed by atoms with Gasteiger partial charge in [-0.2, -0.15) is 0 Å². The second-order valence-electron chi connectivity index (χ2n) is 3.66. The minimum Gasteiger partial charge on any atom is -0.338 e. The lowest BCUT2D eigenvalue weighted by Gasteiger charge is -2.06. The fraction of sp³-hybridized carbons (Fsp3) is 0.273. The summed E-state index contributed by atoms with van der Waals surface area (Å²) >= 11 is 0. The van der Waals surface area contributed by atoms with E-state index in [0.29, 0.717) is 18.1 Å². The van der Waals surface area contributed by atoms with Crippen molar-refractivity contribution in [2.45, 2.75) is 13.3 Å². The molecule has 0 unspecified atom stereocenters. The average molecular weight is 246 g/mol. The van der Waals surface area contributed by atoms with Gasteiger partial charge in [-0.1, -0.05) is 6.92 Å². The van der Waals surface area contributed by atoms with Crippen molar-refractivity contribution >= 4 is 11.7 Å². The molecule has 2 N–H and O–H groups in total. The van der Waals surface area contributed by atoms with E-state index < -0.39 is 0 Å². The number of hydrogen-bond donors (Lipinski definition) is 2. The maximum atomic E-state index is 11.4. The first-order valence-electron chi connectivity index (χ1n) is 5.65. The van der Waals surface area contributed by atoms with Crippen LogP contribution in [0.3, 0.4) is 0 Å². The molecule has 0 aliphatic carbocycles. The molecule has 2 aromatic rings. The van der Waals surface area contributed by atoms with Gasteiger partial charge in [-0.15, -0.1) is 10.2 Å². The van der Waals surface area contributed by atoms with Crippen LogP contribution >= 0.6 is 0 Å². The molecule has 0 radical (unpaired) electrons. The normalized spacial score (nSPS) is 10.1. The van der Waals surface area contributed by atoms with Gasteiger partial charge in [0, 0.05) is 6.54 Å². The van der Waals surface area contributed by atoms with Crippen LogP contribution in [-0.2, 0) is 0 Å². The molecule has 0 aromatic carbocycles. The number of hydrogen-bond acceptors (Lipinski definition) is 4. The number of pyridine rings is 1. The Morgan fingerprint density at radius 3 is 2.72 bits per heavy atom. The number of anilines is 1. The molecule has 7 heteroatoms. The predicted octanol–water partition coefficient (Wildman–Crippen LogP) is 1.19. The van der Waals surface area contributed by atoms with E-state index in [1.165, 1.54) is 0 Å². The second kappa shape index (κ2) is 5.76. The lowest BCUT2D eigenvalue weighted by molar-refractivity contribution is 0.252. The molecule has 7 nitrogen and oxygen atoms in total. The highest BCUT2D eigenvalue weighted by atomic mass is 16.2. The zero-order chi connectivity index (χ0) is 12.8. The van der Waals surface area contributed by atoms with Gasteiger partial charge >= 0.3 is 6.03 Å². The first-order valence-corrected chi connectivity index (χ1v) is 5.65. The molecule has 0 bridgehead atoms. The van der Waals surface area contributed by atoms with Crippen LogP contribution in [0.1, 0.15) is 13.3 Å². The Balaban J connectivity index is 1.98. The quantitative estimate of drug-likeness (QED) is 0.848. The van der Waals surface area contributed by atoms with Gasteiger partial charge in [0.1, 0.15) is 18.5 Å². The van der Waals surface area contributed by atoms with Gasteiger partial charge in [0.15, 0.2) is 0 Å². The van der Waals surface area contributed by atoms with Gasteiger partial charge in [0.25, 0.3) is 0 Å². The number of carbonyl (C=O) groups is 1. The first kappa shape index (κ1) is 12.0. The van der Waals surface area contributed by atoms with Crippen LogP contribution < -0.4 is 10.6 Å². The Hall–Kier alpha value is -2.44. The molecule has 2 aromatic heterocycles. The lowest BCUT2D eigenvalue weighted by Crippen LogP contribution is -2.29. The van der Waals surface area contributed by atoms with Crippen molar-refractivity contribution < 1.29 is 4.79 Å². The number of amides is 2. The van der Waals surface area contributed by atoms with Crippen LogP contribution in [0.2, 0.25) is 0 Å². The number of aromatic nitrogens is 4. The fourth-order valence-electron chi connectivity index (χ4n) is 1.35. The average Bonchev–Trinajstić information content (AvgIpc) is 2.91. The summed E-state index contributed by atoms with van der Waals surface area (Å²) in [6, 6.07) is 3.32. The third-order valence-electron chi connectivity index (χ3n) is 2.22. The summed E-state index contributed by atoms with van der Waals surface area (Å²) < 4.78 is 1.68. The fourth-order valence-corrected chi connectivity index (χ4v) is 1.35. The Bertz CT molecular complexity index is 493. The van der Waals surface area contributed by atoms with E-state index in [9.17, 15) is 4.79 Å². The molecule has 94 valence electrons. The molecule has 0 atom stereocenters. The highest BCUT2D eigenvalue weighted by Gasteiger charge is 2.02. The molecule has 0 spiro atoms. The number of carbonyl (C=O) groups excluding carboxylic acids is 1. The highest BCUT2D eigenvalue weighted by molar-refractivity contribution is 5.88. The van der Waals surface area contributed by atoms with Gasteiger partial charge in [0.05, 0.1) is 11.9 Å². The molecular formula is C11H14N6O. The minimum absolute atomic E-state index is 0.226. The molecule has 0 saturated heterocycles. The van der Waals surface area contributed by atoms with E-state index in [-0.39, 0.29) is 6.03 Å². The summed E-state index contributed by atoms with van der Waals surface area (Å²) in [5.74, 6) is 0.694. The van der Waals surface area contributed by atoms with Crippen LogP contribution in [0.4, 0.5) is 10.5 Å². The largest absolute Gasteiger partial charge is 0.338 e. The Morgan fingerprint density at radius 2 is 2.11 bits per heavy atom. The van der Waals surface area contributed by atoms with Crippen molar-refractivity contribution in [2.75, 3.05) is 11.9 Å². The summed E-state index contributed by atoms with van der Waals surface area (Å²) in [6.07, 6.45) is 5.60. The SMILES string of the molecule is CCCNC(=O)Nc1ccc(-n2cnnc2)nc1. The van der Waals surface area contributed by atoms with Crippen molar-refractivity contribution in [3.63, 3.8) is 0 Å². The van der Waals surface area contributed by atoms with Crippen LogP contribution in [0.5, 0.6) is 0 Å². The molecule has 0 fully saturated rings. The first-order chi connectivity index (χ1) is 8.79. The molecule has 2 rings (SSSR count). The van der Waals surface area contributed by atoms with E-state index in [1.54, 1.807) is 35.6 Å². The van der Waals surface area contributed by atoms with E-state index in [0.717, 1.165) is 6.42 Å². The summed E-state index contributed by atoms with van der Waals surface area (Å²) in [5, 5.41) is 12.8.